The first-order valence-corrected chi connectivity index (χ1v) is 6.52. The lowest BCUT2D eigenvalue weighted by molar-refractivity contribution is 0.729. The van der Waals surface area contributed by atoms with Crippen LogP contribution in [0.3, 0.4) is 0 Å². The van der Waals surface area contributed by atoms with E-state index in [-0.39, 0.29) is 0 Å². The van der Waals surface area contributed by atoms with Crippen LogP contribution in [0.5, 0.6) is 0 Å². The van der Waals surface area contributed by atoms with Crippen molar-refractivity contribution in [2.24, 2.45) is 0 Å². The highest BCUT2D eigenvalue weighted by molar-refractivity contribution is 5.19. The molecule has 0 saturated heterocycles. The number of hydrogen-bond donors (Lipinski definition) is 0. The van der Waals surface area contributed by atoms with Gasteiger partial charge in [-0.25, -0.2) is 0 Å². The lowest BCUT2D eigenvalue weighted by atomic mass is 10.1. The van der Waals surface area contributed by atoms with E-state index in [1.165, 1.54) is 37.1 Å². The number of nitrogens with zero attached hydrogens (tertiary/aromatic N) is 2. The Bertz CT molecular complexity index is 298. The molecule has 0 fully saturated rings. The zero-order valence-electron chi connectivity index (χ0n) is 11.1. The number of aromatic nitrogens is 2. The third-order valence-electron chi connectivity index (χ3n) is 2.97. The molecule has 1 aromatic rings. The number of rotatable bonds is 6. The van der Waals surface area contributed by atoms with E-state index in [0.29, 0.717) is 0 Å². The molecule has 1 rings (SSSR count). The molecule has 0 amide bonds. The van der Waals surface area contributed by atoms with E-state index in [1.54, 1.807) is 0 Å². The van der Waals surface area contributed by atoms with Crippen molar-refractivity contribution in [1.29, 1.82) is 0 Å². The minimum absolute atomic E-state index is 1.07. The summed E-state index contributed by atoms with van der Waals surface area (Å²) in [4.78, 5) is 9.40. The van der Waals surface area contributed by atoms with Gasteiger partial charge < -0.3 is 0 Å². The second-order valence-corrected chi connectivity index (χ2v) is 4.49. The molecule has 0 atom stereocenters. The van der Waals surface area contributed by atoms with Gasteiger partial charge in [-0.2, -0.15) is 0 Å². The van der Waals surface area contributed by atoms with Gasteiger partial charge in [0.1, 0.15) is 0 Å². The maximum atomic E-state index is 4.70. The Hall–Kier alpha value is -0.920. The van der Waals surface area contributed by atoms with Crippen molar-refractivity contribution in [3.8, 4) is 0 Å². The Labute approximate surface area is 99.5 Å². The van der Waals surface area contributed by atoms with Gasteiger partial charge in [-0.3, -0.25) is 9.97 Å². The van der Waals surface area contributed by atoms with E-state index >= 15 is 0 Å². The molecule has 0 bridgehead atoms. The lowest BCUT2D eigenvalue weighted by Crippen LogP contribution is -2.05. The van der Waals surface area contributed by atoms with Crippen LogP contribution in [-0.4, -0.2) is 9.97 Å². The van der Waals surface area contributed by atoms with Crippen LogP contribution in [-0.2, 0) is 12.8 Å². The van der Waals surface area contributed by atoms with Gasteiger partial charge in [-0.15, -0.1) is 0 Å². The van der Waals surface area contributed by atoms with Crippen molar-refractivity contribution < 1.29 is 0 Å². The van der Waals surface area contributed by atoms with Gasteiger partial charge >= 0.3 is 0 Å². The Kier molecular flexibility index (Phi) is 5.44. The van der Waals surface area contributed by atoms with Gasteiger partial charge in [0.15, 0.2) is 0 Å². The van der Waals surface area contributed by atoms with E-state index in [4.69, 9.17) is 9.97 Å². The van der Waals surface area contributed by atoms with Crippen molar-refractivity contribution >= 4 is 0 Å². The molecular weight excluding hydrogens is 196 g/mol. The molecule has 0 aliphatic carbocycles. The highest BCUT2D eigenvalue weighted by atomic mass is 14.8. The standard InChI is InChI=1S/C14H24N2/c1-5-7-9-13-11(3)16-14(10-8-6-2)12(4)15-13/h5-10H2,1-4H3. The van der Waals surface area contributed by atoms with Gasteiger partial charge in [0.05, 0.1) is 22.8 Å². The summed E-state index contributed by atoms with van der Waals surface area (Å²) >= 11 is 0. The summed E-state index contributed by atoms with van der Waals surface area (Å²) in [7, 11) is 0. The molecule has 0 N–H and O–H groups in total. The van der Waals surface area contributed by atoms with Gasteiger partial charge in [0, 0.05) is 0 Å². The fourth-order valence-electron chi connectivity index (χ4n) is 1.86. The zero-order valence-corrected chi connectivity index (χ0v) is 11.1. The molecule has 2 heteroatoms. The quantitative estimate of drug-likeness (QED) is 0.729. The molecule has 0 aliphatic heterocycles. The molecule has 0 radical (unpaired) electrons. The van der Waals surface area contributed by atoms with Crippen LogP contribution in [0, 0.1) is 13.8 Å². The van der Waals surface area contributed by atoms with Crippen LogP contribution < -0.4 is 0 Å². The Morgan fingerprint density at radius 1 is 0.750 bits per heavy atom. The first-order chi connectivity index (χ1) is 7.69. The maximum absolute atomic E-state index is 4.70. The fourth-order valence-corrected chi connectivity index (χ4v) is 1.86. The van der Waals surface area contributed by atoms with Crippen LogP contribution >= 0.6 is 0 Å². The normalized spacial score (nSPS) is 10.8. The first-order valence-electron chi connectivity index (χ1n) is 6.52. The molecular formula is C14H24N2. The highest BCUT2D eigenvalue weighted by Gasteiger charge is 2.07. The predicted molar refractivity (Wildman–Crippen MR) is 68.7 cm³/mol. The second-order valence-electron chi connectivity index (χ2n) is 4.49. The summed E-state index contributed by atoms with van der Waals surface area (Å²) < 4.78 is 0. The van der Waals surface area contributed by atoms with E-state index in [1.807, 2.05) is 0 Å². The Balaban J connectivity index is 2.79. The molecule has 0 unspecified atom stereocenters. The SMILES string of the molecule is CCCCc1nc(C)c(CCCC)nc1C. The fraction of sp³-hybridized carbons (Fsp3) is 0.714. The minimum atomic E-state index is 1.07. The van der Waals surface area contributed by atoms with E-state index in [2.05, 4.69) is 27.7 Å². The van der Waals surface area contributed by atoms with Crippen molar-refractivity contribution in [1.82, 2.24) is 9.97 Å². The first kappa shape index (κ1) is 13.1. The Morgan fingerprint density at radius 2 is 1.12 bits per heavy atom. The number of unbranched alkanes of at least 4 members (excludes halogenated alkanes) is 2. The monoisotopic (exact) mass is 220 g/mol. The van der Waals surface area contributed by atoms with Crippen molar-refractivity contribution in [3.63, 3.8) is 0 Å². The average molecular weight is 220 g/mol. The zero-order chi connectivity index (χ0) is 12.0. The summed E-state index contributed by atoms with van der Waals surface area (Å²) in [5, 5.41) is 0. The topological polar surface area (TPSA) is 25.8 Å². The van der Waals surface area contributed by atoms with Crippen LogP contribution in [0.25, 0.3) is 0 Å². The molecule has 16 heavy (non-hydrogen) atoms. The molecule has 0 spiro atoms. The highest BCUT2D eigenvalue weighted by Crippen LogP contribution is 2.12. The van der Waals surface area contributed by atoms with Gasteiger partial charge in [-0.1, -0.05) is 26.7 Å². The lowest BCUT2D eigenvalue weighted by Gasteiger charge is -2.09. The third-order valence-corrected chi connectivity index (χ3v) is 2.97. The van der Waals surface area contributed by atoms with Gasteiger partial charge in [0.25, 0.3) is 0 Å². The Morgan fingerprint density at radius 3 is 1.44 bits per heavy atom. The second kappa shape index (κ2) is 6.62. The van der Waals surface area contributed by atoms with Crippen LogP contribution in [0.4, 0.5) is 0 Å². The minimum Gasteiger partial charge on any atom is -0.254 e. The van der Waals surface area contributed by atoms with Crippen molar-refractivity contribution in [3.05, 3.63) is 22.8 Å². The van der Waals surface area contributed by atoms with E-state index in [0.717, 1.165) is 24.2 Å². The third kappa shape index (κ3) is 3.58. The largest absolute Gasteiger partial charge is 0.254 e. The molecule has 1 aromatic heterocycles. The molecule has 0 saturated carbocycles. The van der Waals surface area contributed by atoms with Crippen molar-refractivity contribution in [2.45, 2.75) is 66.2 Å². The summed E-state index contributed by atoms with van der Waals surface area (Å²) in [6, 6.07) is 0. The summed E-state index contributed by atoms with van der Waals surface area (Å²) in [5.74, 6) is 0. The number of aryl methyl sites for hydroxylation is 4. The summed E-state index contributed by atoms with van der Waals surface area (Å²) in [5.41, 5.74) is 4.65. The molecule has 1 heterocycles. The number of hydrogen-bond acceptors (Lipinski definition) is 2. The molecule has 0 aliphatic rings. The molecule has 0 aromatic carbocycles. The van der Waals surface area contributed by atoms with E-state index < -0.39 is 0 Å². The molecule has 90 valence electrons. The summed E-state index contributed by atoms with van der Waals surface area (Å²) in [6.45, 7) is 8.61. The predicted octanol–water partition coefficient (Wildman–Crippen LogP) is 3.78. The smallest absolute Gasteiger partial charge is 0.0619 e. The average Bonchev–Trinajstić information content (AvgIpc) is 2.28. The maximum Gasteiger partial charge on any atom is 0.0619 e. The van der Waals surface area contributed by atoms with E-state index in [9.17, 15) is 0 Å². The van der Waals surface area contributed by atoms with Gasteiger partial charge in [0.2, 0.25) is 0 Å². The molecule has 2 nitrogen and oxygen atoms in total. The van der Waals surface area contributed by atoms with Crippen LogP contribution in [0.1, 0.15) is 62.3 Å². The van der Waals surface area contributed by atoms with Crippen molar-refractivity contribution in [2.75, 3.05) is 0 Å². The van der Waals surface area contributed by atoms with Gasteiger partial charge in [-0.05, 0) is 39.5 Å². The summed E-state index contributed by atoms with van der Waals surface area (Å²) in [6.07, 6.45) is 7.01. The van der Waals surface area contributed by atoms with Crippen LogP contribution in [0.2, 0.25) is 0 Å². The van der Waals surface area contributed by atoms with Crippen LogP contribution in [0.15, 0.2) is 0 Å².